The monoisotopic (exact) mass is 437 g/mol. The van der Waals surface area contributed by atoms with Crippen LogP contribution in [0.1, 0.15) is 39.0 Å². The third-order valence-electron chi connectivity index (χ3n) is 3.81. The van der Waals surface area contributed by atoms with E-state index in [0.717, 1.165) is 15.7 Å². The third kappa shape index (κ3) is 4.92. The standard InChI is InChI=1S/C18H23N5O2S3/c1-5-26-17-20-19-16(27-17)22-28(24,25)14-12-23(21-15(14)18(2,3)4)11-13-9-7-6-8-10-13/h6-10,12H,5,11H2,1-4H3,(H,19,22). The van der Waals surface area contributed by atoms with E-state index in [0.29, 0.717) is 12.2 Å². The summed E-state index contributed by atoms with van der Waals surface area (Å²) in [5.74, 6) is 0.849. The van der Waals surface area contributed by atoms with Crippen molar-refractivity contribution >= 4 is 38.3 Å². The molecule has 0 spiro atoms. The highest BCUT2D eigenvalue weighted by Crippen LogP contribution is 2.31. The van der Waals surface area contributed by atoms with Crippen LogP contribution in [0.3, 0.4) is 0 Å². The fraction of sp³-hybridized carbons (Fsp3) is 0.389. The molecule has 28 heavy (non-hydrogen) atoms. The zero-order valence-electron chi connectivity index (χ0n) is 16.2. The third-order valence-corrected chi connectivity index (χ3v) is 7.13. The second-order valence-corrected chi connectivity index (χ2v) is 11.3. The van der Waals surface area contributed by atoms with Gasteiger partial charge in [0.2, 0.25) is 5.13 Å². The Labute approximate surface area is 173 Å². The lowest BCUT2D eigenvalue weighted by atomic mass is 9.92. The number of thioether (sulfide) groups is 1. The van der Waals surface area contributed by atoms with Gasteiger partial charge in [0.25, 0.3) is 10.0 Å². The molecule has 0 atom stereocenters. The average Bonchev–Trinajstić information content (AvgIpc) is 3.23. The van der Waals surface area contributed by atoms with E-state index in [9.17, 15) is 8.42 Å². The quantitative estimate of drug-likeness (QED) is 0.562. The van der Waals surface area contributed by atoms with Gasteiger partial charge >= 0.3 is 0 Å². The average molecular weight is 438 g/mol. The molecule has 0 aliphatic rings. The predicted molar refractivity (Wildman–Crippen MR) is 114 cm³/mol. The largest absolute Gasteiger partial charge is 0.267 e. The van der Waals surface area contributed by atoms with Crippen molar-refractivity contribution in [3.05, 3.63) is 47.8 Å². The summed E-state index contributed by atoms with van der Waals surface area (Å²) >= 11 is 2.75. The van der Waals surface area contributed by atoms with Gasteiger partial charge in [-0.1, -0.05) is 81.1 Å². The molecule has 2 heterocycles. The molecule has 10 heteroatoms. The van der Waals surface area contributed by atoms with Crippen LogP contribution < -0.4 is 4.72 Å². The molecule has 0 saturated heterocycles. The minimum absolute atomic E-state index is 0.163. The molecule has 0 saturated carbocycles. The van der Waals surface area contributed by atoms with Gasteiger partial charge in [0.05, 0.1) is 12.2 Å². The molecule has 0 aliphatic heterocycles. The number of hydrogen-bond donors (Lipinski definition) is 1. The minimum atomic E-state index is -3.83. The minimum Gasteiger partial charge on any atom is -0.267 e. The van der Waals surface area contributed by atoms with Gasteiger partial charge in [-0.05, 0) is 11.3 Å². The predicted octanol–water partition coefficient (Wildman–Crippen LogP) is 3.99. The van der Waals surface area contributed by atoms with Gasteiger partial charge in [-0.15, -0.1) is 10.2 Å². The molecule has 3 rings (SSSR count). The second-order valence-electron chi connectivity index (χ2n) is 7.19. The highest BCUT2D eigenvalue weighted by Gasteiger charge is 2.30. The Morgan fingerprint density at radius 2 is 1.89 bits per heavy atom. The van der Waals surface area contributed by atoms with E-state index in [1.54, 1.807) is 10.9 Å². The van der Waals surface area contributed by atoms with Gasteiger partial charge in [-0.25, -0.2) is 8.42 Å². The molecule has 7 nitrogen and oxygen atoms in total. The van der Waals surface area contributed by atoms with Gasteiger partial charge < -0.3 is 0 Å². The highest BCUT2D eigenvalue weighted by atomic mass is 32.2. The topological polar surface area (TPSA) is 89.8 Å². The number of sulfonamides is 1. The van der Waals surface area contributed by atoms with E-state index in [2.05, 4.69) is 20.0 Å². The molecule has 0 fully saturated rings. The summed E-state index contributed by atoms with van der Waals surface area (Å²) in [6, 6.07) is 9.81. The van der Waals surface area contributed by atoms with E-state index in [1.165, 1.54) is 23.1 Å². The van der Waals surface area contributed by atoms with Crippen molar-refractivity contribution < 1.29 is 8.42 Å². The molecule has 3 aromatic rings. The van der Waals surface area contributed by atoms with Gasteiger partial charge in [0, 0.05) is 11.6 Å². The van der Waals surface area contributed by atoms with Crippen LogP contribution in [0.4, 0.5) is 5.13 Å². The number of nitrogens with one attached hydrogen (secondary N) is 1. The SMILES string of the molecule is CCSc1nnc(NS(=O)(=O)c2cn(Cc3ccccc3)nc2C(C)(C)C)s1. The molecule has 0 amide bonds. The summed E-state index contributed by atoms with van der Waals surface area (Å²) < 4.78 is 31.1. The lowest BCUT2D eigenvalue weighted by molar-refractivity contribution is 0.533. The van der Waals surface area contributed by atoms with Crippen molar-refractivity contribution in [1.29, 1.82) is 0 Å². The Kier molecular flexibility index (Phi) is 6.11. The van der Waals surface area contributed by atoms with Crippen LogP contribution in [0.15, 0.2) is 45.8 Å². The Hall–Kier alpha value is -1.91. The summed E-state index contributed by atoms with van der Waals surface area (Å²) in [7, 11) is -3.83. The van der Waals surface area contributed by atoms with Crippen molar-refractivity contribution in [1.82, 2.24) is 20.0 Å². The smallest absolute Gasteiger partial charge is 0.267 e. The summed E-state index contributed by atoms with van der Waals surface area (Å²) in [6.45, 7) is 8.34. The number of anilines is 1. The molecule has 2 aromatic heterocycles. The van der Waals surface area contributed by atoms with Crippen LogP contribution in [0.2, 0.25) is 0 Å². The van der Waals surface area contributed by atoms with Gasteiger partial charge in [-0.3, -0.25) is 9.40 Å². The molecular formula is C18H23N5O2S3. The van der Waals surface area contributed by atoms with Gasteiger partial charge in [-0.2, -0.15) is 5.10 Å². The lowest BCUT2D eigenvalue weighted by Gasteiger charge is -2.17. The van der Waals surface area contributed by atoms with Crippen molar-refractivity contribution in [2.75, 3.05) is 10.5 Å². The molecule has 1 aromatic carbocycles. The highest BCUT2D eigenvalue weighted by molar-refractivity contribution is 8.01. The first-order valence-corrected chi connectivity index (χ1v) is 12.1. The fourth-order valence-electron chi connectivity index (χ4n) is 2.57. The molecule has 150 valence electrons. The first-order valence-electron chi connectivity index (χ1n) is 8.80. The van der Waals surface area contributed by atoms with Gasteiger partial charge in [0.15, 0.2) is 4.34 Å². The summed E-state index contributed by atoms with van der Waals surface area (Å²) in [5, 5.41) is 12.8. The van der Waals surface area contributed by atoms with Crippen molar-refractivity contribution in [3.8, 4) is 0 Å². The molecule has 1 N–H and O–H groups in total. The molecule has 0 aliphatic carbocycles. The lowest BCUT2D eigenvalue weighted by Crippen LogP contribution is -2.20. The van der Waals surface area contributed by atoms with Crippen LogP contribution >= 0.6 is 23.1 Å². The summed E-state index contributed by atoms with van der Waals surface area (Å²) in [4.78, 5) is 0.163. The van der Waals surface area contributed by atoms with E-state index in [1.807, 2.05) is 58.0 Å². The maximum absolute atomic E-state index is 13.1. The molecule has 0 unspecified atom stereocenters. The molecular weight excluding hydrogens is 414 g/mol. The van der Waals surface area contributed by atoms with Crippen molar-refractivity contribution in [2.24, 2.45) is 0 Å². The maximum Gasteiger partial charge on any atom is 0.267 e. The first-order chi connectivity index (χ1) is 13.2. The Morgan fingerprint density at radius 1 is 1.18 bits per heavy atom. The molecule has 0 radical (unpaired) electrons. The Bertz CT molecular complexity index is 1040. The van der Waals surface area contributed by atoms with Crippen LogP contribution in [-0.2, 0) is 22.0 Å². The van der Waals surface area contributed by atoms with Crippen LogP contribution in [0, 0.1) is 0 Å². The number of hydrogen-bond acceptors (Lipinski definition) is 7. The van der Waals surface area contributed by atoms with Crippen LogP contribution in [0.25, 0.3) is 0 Å². The van der Waals surface area contributed by atoms with Crippen LogP contribution in [-0.4, -0.2) is 34.1 Å². The number of benzene rings is 1. The van der Waals surface area contributed by atoms with Crippen molar-refractivity contribution in [3.63, 3.8) is 0 Å². The van der Waals surface area contributed by atoms with E-state index in [-0.39, 0.29) is 10.0 Å². The zero-order chi connectivity index (χ0) is 20.4. The zero-order valence-corrected chi connectivity index (χ0v) is 18.7. The fourth-order valence-corrected chi connectivity index (χ4v) is 5.81. The second kappa shape index (κ2) is 8.22. The van der Waals surface area contributed by atoms with E-state index >= 15 is 0 Å². The van der Waals surface area contributed by atoms with E-state index < -0.39 is 15.4 Å². The number of nitrogens with zero attached hydrogens (tertiary/aromatic N) is 4. The summed E-state index contributed by atoms with van der Waals surface area (Å²) in [6.07, 6.45) is 1.58. The summed E-state index contributed by atoms with van der Waals surface area (Å²) in [5.41, 5.74) is 1.13. The van der Waals surface area contributed by atoms with Gasteiger partial charge in [0.1, 0.15) is 4.90 Å². The number of aromatic nitrogens is 4. The van der Waals surface area contributed by atoms with Crippen LogP contribution in [0.5, 0.6) is 0 Å². The molecule has 0 bridgehead atoms. The Morgan fingerprint density at radius 3 is 2.54 bits per heavy atom. The number of rotatable bonds is 7. The normalized spacial score (nSPS) is 12.3. The van der Waals surface area contributed by atoms with E-state index in [4.69, 9.17) is 0 Å². The Balaban J connectivity index is 1.93. The first kappa shape index (κ1) is 20.8. The van der Waals surface area contributed by atoms with Crippen molar-refractivity contribution in [2.45, 2.75) is 48.9 Å². The maximum atomic E-state index is 13.1.